The Labute approximate surface area is 200 Å². The molecule has 3 rings (SSSR count). The third-order valence-electron chi connectivity index (χ3n) is 5.34. The van der Waals surface area contributed by atoms with Crippen molar-refractivity contribution in [1.82, 2.24) is 24.3 Å². The number of carbonyl (C=O) groups excluding carboxylic acids is 1. The van der Waals surface area contributed by atoms with Crippen molar-refractivity contribution in [2.75, 3.05) is 29.5 Å². The van der Waals surface area contributed by atoms with Gasteiger partial charge in [-0.15, -0.1) is 5.10 Å². The molecule has 0 radical (unpaired) electrons. The molecule has 2 aromatic heterocycles. The van der Waals surface area contributed by atoms with Crippen LogP contribution in [0.2, 0.25) is 0 Å². The van der Waals surface area contributed by atoms with Crippen molar-refractivity contribution in [3.63, 3.8) is 0 Å². The van der Waals surface area contributed by atoms with Crippen molar-refractivity contribution in [3.05, 3.63) is 31.3 Å². The number of amides is 1. The lowest BCUT2D eigenvalue weighted by molar-refractivity contribution is -0.116. The van der Waals surface area contributed by atoms with Crippen molar-refractivity contribution in [2.24, 2.45) is 11.8 Å². The van der Waals surface area contributed by atoms with E-state index in [1.54, 1.807) is 0 Å². The van der Waals surface area contributed by atoms with Gasteiger partial charge >= 0.3 is 11.4 Å². The van der Waals surface area contributed by atoms with Crippen molar-refractivity contribution >= 4 is 29.2 Å². The number of aromatic nitrogens is 5. The molecule has 3 heterocycles. The maximum Gasteiger partial charge on any atom is 0.344 e. The molecule has 13 heteroatoms. The minimum Gasteiger partial charge on any atom is -0.383 e. The van der Waals surface area contributed by atoms with E-state index < -0.39 is 11.2 Å². The van der Waals surface area contributed by atoms with Crippen molar-refractivity contribution in [1.29, 1.82) is 0 Å². The first-order valence-corrected chi connectivity index (χ1v) is 12.4. The zero-order valence-electron chi connectivity index (χ0n) is 20.0. The number of nitrogen functional groups attached to an aromatic ring is 1. The Balaban J connectivity index is 1.86. The summed E-state index contributed by atoms with van der Waals surface area (Å²) in [6.07, 6.45) is 1.73. The number of thioether (sulfide) groups is 1. The van der Waals surface area contributed by atoms with Crippen LogP contribution in [0.5, 0.6) is 0 Å². The summed E-state index contributed by atoms with van der Waals surface area (Å²) < 4.78 is 8.35. The first-order chi connectivity index (χ1) is 16.1. The highest BCUT2D eigenvalue weighted by Gasteiger charge is 2.26. The summed E-state index contributed by atoms with van der Waals surface area (Å²) in [5.74, 6) is -0.378. The molecule has 34 heavy (non-hydrogen) atoms. The van der Waals surface area contributed by atoms with Crippen molar-refractivity contribution < 1.29 is 9.53 Å². The number of nitrogens with two attached hydrogens (primary N) is 1. The highest BCUT2D eigenvalue weighted by molar-refractivity contribution is 7.99. The number of carbonyl (C=O) groups is 1. The molecule has 1 aliphatic rings. The second-order valence-electron chi connectivity index (χ2n) is 9.24. The Morgan fingerprint density at radius 1 is 1.21 bits per heavy atom. The topological polar surface area (TPSA) is 161 Å². The molecule has 0 saturated carbocycles. The summed E-state index contributed by atoms with van der Waals surface area (Å²) >= 11 is 1.09. The lowest BCUT2D eigenvalue weighted by Gasteiger charge is -2.26. The van der Waals surface area contributed by atoms with E-state index in [9.17, 15) is 19.2 Å². The second-order valence-corrected chi connectivity index (χ2v) is 10.2. The number of nitrogens with one attached hydrogen (secondary N) is 2. The van der Waals surface area contributed by atoms with Gasteiger partial charge in [-0.3, -0.25) is 23.7 Å². The van der Waals surface area contributed by atoms with E-state index in [1.807, 2.05) is 27.7 Å². The molecule has 0 spiro atoms. The zero-order chi connectivity index (χ0) is 25.0. The van der Waals surface area contributed by atoms with Crippen LogP contribution in [0.15, 0.2) is 19.5 Å². The Bertz CT molecular complexity index is 1170. The quantitative estimate of drug-likeness (QED) is 0.404. The van der Waals surface area contributed by atoms with Gasteiger partial charge in [0.2, 0.25) is 5.91 Å². The molecular formula is C21H33N7O5S. The molecule has 0 bridgehead atoms. The van der Waals surface area contributed by atoms with Crippen LogP contribution in [0.3, 0.4) is 0 Å². The van der Waals surface area contributed by atoms with Crippen LogP contribution in [0, 0.1) is 11.8 Å². The molecule has 12 nitrogen and oxygen atoms in total. The van der Waals surface area contributed by atoms with Crippen LogP contribution in [-0.2, 0) is 22.6 Å². The molecule has 188 valence electrons. The average molecular weight is 496 g/mol. The van der Waals surface area contributed by atoms with E-state index >= 15 is 0 Å². The summed E-state index contributed by atoms with van der Waals surface area (Å²) in [4.78, 5) is 54.2. The SMILES string of the molecule is CC(C)CN(C(=O)CSc1n[nH]c(=O)n1CC1CCCO1)c1c(N)n(CC(C)C)c(=O)[nH]c1=O. The Hall–Kier alpha value is -2.80. The number of rotatable bonds is 10. The van der Waals surface area contributed by atoms with E-state index in [0.717, 1.165) is 24.6 Å². The molecule has 1 saturated heterocycles. The van der Waals surface area contributed by atoms with Crippen LogP contribution < -0.4 is 27.6 Å². The minimum absolute atomic E-state index is 0.0290. The summed E-state index contributed by atoms with van der Waals surface area (Å²) in [6, 6.07) is 0. The highest BCUT2D eigenvalue weighted by atomic mass is 32.2. The van der Waals surface area contributed by atoms with Crippen LogP contribution >= 0.6 is 11.8 Å². The Morgan fingerprint density at radius 3 is 2.56 bits per heavy atom. The van der Waals surface area contributed by atoms with Crippen molar-refractivity contribution in [3.8, 4) is 0 Å². The van der Waals surface area contributed by atoms with Gasteiger partial charge in [0.15, 0.2) is 10.8 Å². The van der Waals surface area contributed by atoms with Gasteiger partial charge in [-0.25, -0.2) is 14.7 Å². The predicted molar refractivity (Wildman–Crippen MR) is 130 cm³/mol. The van der Waals surface area contributed by atoms with E-state index in [2.05, 4.69) is 15.2 Å². The Kier molecular flexibility index (Phi) is 8.42. The predicted octanol–water partition coefficient (Wildman–Crippen LogP) is 0.620. The van der Waals surface area contributed by atoms with E-state index in [4.69, 9.17) is 10.5 Å². The average Bonchev–Trinajstić information content (AvgIpc) is 3.39. The number of hydrogen-bond acceptors (Lipinski definition) is 8. The normalized spacial score (nSPS) is 16.0. The van der Waals surface area contributed by atoms with Gasteiger partial charge in [-0.1, -0.05) is 39.5 Å². The molecule has 0 aromatic carbocycles. The number of aromatic amines is 2. The maximum absolute atomic E-state index is 13.3. The van der Waals surface area contributed by atoms with Gasteiger partial charge < -0.3 is 15.4 Å². The molecule has 4 N–H and O–H groups in total. The lowest BCUT2D eigenvalue weighted by atomic mass is 10.2. The van der Waals surface area contributed by atoms with Gasteiger partial charge in [0.25, 0.3) is 5.56 Å². The third-order valence-corrected chi connectivity index (χ3v) is 6.30. The maximum atomic E-state index is 13.3. The highest BCUT2D eigenvalue weighted by Crippen LogP contribution is 2.23. The van der Waals surface area contributed by atoms with Crippen LogP contribution in [-0.4, -0.2) is 55.2 Å². The first-order valence-electron chi connectivity index (χ1n) is 11.4. The van der Waals surface area contributed by atoms with Crippen LogP contribution in [0.1, 0.15) is 40.5 Å². The third kappa shape index (κ3) is 6.00. The van der Waals surface area contributed by atoms with Gasteiger partial charge in [0, 0.05) is 19.7 Å². The molecule has 0 aliphatic carbocycles. The fourth-order valence-electron chi connectivity index (χ4n) is 3.84. The van der Waals surface area contributed by atoms with Gasteiger partial charge in [-0.2, -0.15) is 0 Å². The number of hydrogen-bond donors (Lipinski definition) is 3. The molecular weight excluding hydrogens is 462 g/mol. The van der Waals surface area contributed by atoms with Crippen LogP contribution in [0.25, 0.3) is 0 Å². The molecule has 1 unspecified atom stereocenters. The van der Waals surface area contributed by atoms with E-state index in [0.29, 0.717) is 24.9 Å². The van der Waals surface area contributed by atoms with Gasteiger partial charge in [0.05, 0.1) is 18.4 Å². The number of H-pyrrole nitrogens is 2. The summed E-state index contributed by atoms with van der Waals surface area (Å²) in [6.45, 7) is 9.22. The van der Waals surface area contributed by atoms with E-state index in [-0.39, 0.29) is 53.3 Å². The van der Waals surface area contributed by atoms with E-state index in [1.165, 1.54) is 14.0 Å². The molecule has 1 fully saturated rings. The molecule has 1 aliphatic heterocycles. The fraction of sp³-hybridized carbons (Fsp3) is 0.667. The standard InChI is InChI=1S/C21H33N7O5S/c1-12(2)8-26(16-17(22)27(9-13(3)4)19(31)23-18(16)30)15(29)11-34-21-25-24-20(32)28(21)10-14-6-5-7-33-14/h12-14H,5-11,22H2,1-4H3,(H,24,32)(H,23,30,31). The summed E-state index contributed by atoms with van der Waals surface area (Å²) in [5.41, 5.74) is 4.50. The number of nitrogens with zero attached hydrogens (tertiary/aromatic N) is 4. The smallest absolute Gasteiger partial charge is 0.344 e. The zero-order valence-corrected chi connectivity index (χ0v) is 20.8. The van der Waals surface area contributed by atoms with Crippen LogP contribution in [0.4, 0.5) is 11.5 Å². The lowest BCUT2D eigenvalue weighted by Crippen LogP contribution is -2.43. The molecule has 1 amide bonds. The van der Waals surface area contributed by atoms with Gasteiger partial charge in [0.1, 0.15) is 5.82 Å². The molecule has 2 aromatic rings. The van der Waals surface area contributed by atoms with Gasteiger partial charge in [-0.05, 0) is 24.7 Å². The fourth-order valence-corrected chi connectivity index (χ4v) is 4.67. The Morgan fingerprint density at radius 2 is 1.94 bits per heavy atom. The monoisotopic (exact) mass is 495 g/mol. The van der Waals surface area contributed by atoms with Crippen molar-refractivity contribution in [2.45, 2.75) is 64.9 Å². The molecule has 1 atom stereocenters. The summed E-state index contributed by atoms with van der Waals surface area (Å²) in [5, 5.41) is 6.83. The second kappa shape index (κ2) is 11.1. The number of ether oxygens (including phenoxy) is 1. The number of anilines is 2. The first kappa shape index (κ1) is 25.8. The summed E-state index contributed by atoms with van der Waals surface area (Å²) in [7, 11) is 0. The minimum atomic E-state index is -0.712. The largest absolute Gasteiger partial charge is 0.383 e.